The topological polar surface area (TPSA) is 42.4 Å². The van der Waals surface area contributed by atoms with Gasteiger partial charge in [0.1, 0.15) is 5.60 Å². The van der Waals surface area contributed by atoms with E-state index in [1.54, 1.807) is 12.6 Å². The van der Waals surface area contributed by atoms with Gasteiger partial charge < -0.3 is 9.84 Å². The van der Waals surface area contributed by atoms with Crippen molar-refractivity contribution >= 4 is 11.3 Å². The van der Waals surface area contributed by atoms with Crippen molar-refractivity contribution in [1.82, 2.24) is 4.98 Å². The smallest absolute Gasteiger partial charge is 0.106 e. The fourth-order valence-electron chi connectivity index (χ4n) is 1.79. The van der Waals surface area contributed by atoms with Crippen molar-refractivity contribution in [3.05, 3.63) is 16.1 Å². The predicted molar refractivity (Wildman–Crippen MR) is 50.8 cm³/mol. The molecule has 0 aliphatic heterocycles. The number of aromatic nitrogens is 1. The van der Waals surface area contributed by atoms with Gasteiger partial charge >= 0.3 is 0 Å². The van der Waals surface area contributed by atoms with Crippen LogP contribution in [0.1, 0.15) is 23.4 Å². The molecule has 0 aromatic carbocycles. The highest BCUT2D eigenvalue weighted by Crippen LogP contribution is 2.45. The highest BCUT2D eigenvalue weighted by molar-refractivity contribution is 7.09. The largest absolute Gasteiger partial charge is 0.384 e. The van der Waals surface area contributed by atoms with Crippen LogP contribution in [0.3, 0.4) is 0 Å². The second-order valence-corrected chi connectivity index (χ2v) is 4.42. The van der Waals surface area contributed by atoms with Crippen LogP contribution >= 0.6 is 11.3 Å². The van der Waals surface area contributed by atoms with Gasteiger partial charge in [-0.2, -0.15) is 0 Å². The third kappa shape index (κ3) is 1.39. The zero-order valence-corrected chi connectivity index (χ0v) is 8.60. The van der Waals surface area contributed by atoms with Crippen molar-refractivity contribution in [1.29, 1.82) is 0 Å². The lowest BCUT2D eigenvalue weighted by molar-refractivity contribution is -0.131. The molecule has 0 spiro atoms. The minimum Gasteiger partial charge on any atom is -0.384 e. The highest BCUT2D eigenvalue weighted by Gasteiger charge is 2.46. The zero-order chi connectivity index (χ0) is 9.47. The van der Waals surface area contributed by atoms with E-state index in [0.717, 1.165) is 10.6 Å². The molecule has 0 radical (unpaired) electrons. The van der Waals surface area contributed by atoms with E-state index in [9.17, 15) is 5.11 Å². The Morgan fingerprint density at radius 2 is 2.38 bits per heavy atom. The third-order valence-electron chi connectivity index (χ3n) is 2.63. The number of nitrogens with zero attached hydrogens (tertiary/aromatic N) is 1. The molecule has 1 saturated carbocycles. The van der Waals surface area contributed by atoms with E-state index in [0.29, 0.717) is 12.8 Å². The minimum atomic E-state index is -0.661. The average molecular weight is 199 g/mol. The van der Waals surface area contributed by atoms with Crippen LogP contribution in [0.15, 0.2) is 5.51 Å². The number of hydrogen-bond acceptors (Lipinski definition) is 4. The molecule has 72 valence electrons. The normalized spacial score (nSPS) is 33.0. The molecule has 13 heavy (non-hydrogen) atoms. The number of aliphatic hydroxyl groups is 1. The van der Waals surface area contributed by atoms with Crippen LogP contribution in [0, 0.1) is 6.92 Å². The summed E-state index contributed by atoms with van der Waals surface area (Å²) in [6.45, 7) is 1.93. The molecule has 2 rings (SSSR count). The number of methoxy groups -OCH3 is 1. The van der Waals surface area contributed by atoms with Crippen LogP contribution in [0.5, 0.6) is 0 Å². The summed E-state index contributed by atoms with van der Waals surface area (Å²) in [5, 5.41) is 10.1. The maximum Gasteiger partial charge on any atom is 0.106 e. The van der Waals surface area contributed by atoms with Crippen LogP contribution in [-0.4, -0.2) is 23.3 Å². The summed E-state index contributed by atoms with van der Waals surface area (Å²) in [6, 6.07) is 0. The Hall–Kier alpha value is -0.450. The zero-order valence-electron chi connectivity index (χ0n) is 7.78. The van der Waals surface area contributed by atoms with E-state index in [1.165, 1.54) is 11.3 Å². The third-order valence-corrected chi connectivity index (χ3v) is 3.75. The summed E-state index contributed by atoms with van der Waals surface area (Å²) in [6.07, 6.45) is 1.62. The Bertz CT molecular complexity index is 304. The molecule has 0 amide bonds. The van der Waals surface area contributed by atoms with Gasteiger partial charge in [0.15, 0.2) is 0 Å². The van der Waals surface area contributed by atoms with Crippen molar-refractivity contribution in [2.45, 2.75) is 31.5 Å². The molecule has 1 aromatic heterocycles. The van der Waals surface area contributed by atoms with Gasteiger partial charge in [-0.25, -0.2) is 4.98 Å². The maximum absolute atomic E-state index is 10.1. The second kappa shape index (κ2) is 3.04. The molecular formula is C9H13NO2S. The molecule has 1 fully saturated rings. The van der Waals surface area contributed by atoms with Crippen molar-refractivity contribution < 1.29 is 9.84 Å². The number of rotatable bonds is 2. The number of aryl methyl sites for hydroxylation is 1. The molecule has 3 nitrogen and oxygen atoms in total. The lowest BCUT2D eigenvalue weighted by atomic mass is 9.76. The number of hydrogen-bond donors (Lipinski definition) is 1. The van der Waals surface area contributed by atoms with Gasteiger partial charge in [-0.1, -0.05) is 0 Å². The summed E-state index contributed by atoms with van der Waals surface area (Å²) >= 11 is 1.53. The molecule has 1 aliphatic rings. The van der Waals surface area contributed by atoms with Crippen LogP contribution in [0.2, 0.25) is 0 Å². The summed E-state index contributed by atoms with van der Waals surface area (Å²) in [4.78, 5) is 5.13. The first-order chi connectivity index (χ1) is 6.15. The summed E-state index contributed by atoms with van der Waals surface area (Å²) in [5.74, 6) is 0. The summed E-state index contributed by atoms with van der Waals surface area (Å²) < 4.78 is 5.14. The molecule has 4 heteroatoms. The minimum absolute atomic E-state index is 0.214. The molecule has 1 N–H and O–H groups in total. The van der Waals surface area contributed by atoms with Crippen LogP contribution < -0.4 is 0 Å². The standard InChI is InChI=1S/C9H13NO2S/c1-6-8(13-5-10-6)9(11)3-7(4-9)12-2/h5,7,11H,3-4H2,1-2H3. The molecular weight excluding hydrogens is 186 g/mol. The molecule has 1 aliphatic carbocycles. The Labute approximate surface area is 81.4 Å². The molecule has 0 bridgehead atoms. The predicted octanol–water partition coefficient (Wildman–Crippen LogP) is 1.45. The molecule has 0 unspecified atom stereocenters. The first kappa shape index (κ1) is 9.12. The fourth-order valence-corrected chi connectivity index (χ4v) is 2.72. The van der Waals surface area contributed by atoms with Crippen LogP contribution in [0.4, 0.5) is 0 Å². The van der Waals surface area contributed by atoms with Gasteiger partial charge in [0.2, 0.25) is 0 Å². The Balaban J connectivity index is 2.15. The van der Waals surface area contributed by atoms with Gasteiger partial charge in [0.25, 0.3) is 0 Å². The number of thiazole rings is 1. The Kier molecular flexibility index (Phi) is 2.14. The van der Waals surface area contributed by atoms with Crippen molar-refractivity contribution in [3.63, 3.8) is 0 Å². The van der Waals surface area contributed by atoms with Crippen molar-refractivity contribution in [2.24, 2.45) is 0 Å². The SMILES string of the molecule is COC1CC(O)(c2scnc2C)C1. The van der Waals surface area contributed by atoms with Crippen LogP contribution in [0.25, 0.3) is 0 Å². The van der Waals surface area contributed by atoms with E-state index in [4.69, 9.17) is 4.74 Å². The quantitative estimate of drug-likeness (QED) is 0.784. The van der Waals surface area contributed by atoms with E-state index < -0.39 is 5.60 Å². The first-order valence-electron chi connectivity index (χ1n) is 4.31. The highest BCUT2D eigenvalue weighted by atomic mass is 32.1. The molecule has 1 heterocycles. The van der Waals surface area contributed by atoms with E-state index in [1.807, 2.05) is 6.92 Å². The summed E-state index contributed by atoms with van der Waals surface area (Å²) in [7, 11) is 1.68. The fraction of sp³-hybridized carbons (Fsp3) is 0.667. The van der Waals surface area contributed by atoms with Gasteiger partial charge in [0.05, 0.1) is 22.2 Å². The van der Waals surface area contributed by atoms with Gasteiger partial charge in [-0.3, -0.25) is 0 Å². The van der Waals surface area contributed by atoms with Gasteiger partial charge in [0, 0.05) is 20.0 Å². The Morgan fingerprint density at radius 3 is 2.85 bits per heavy atom. The number of ether oxygens (including phenoxy) is 1. The van der Waals surface area contributed by atoms with E-state index in [-0.39, 0.29) is 6.10 Å². The lowest BCUT2D eigenvalue weighted by Crippen LogP contribution is -2.45. The molecule has 0 atom stereocenters. The lowest BCUT2D eigenvalue weighted by Gasteiger charge is -2.42. The second-order valence-electron chi connectivity index (χ2n) is 3.56. The molecule has 0 saturated heterocycles. The Morgan fingerprint density at radius 1 is 1.69 bits per heavy atom. The summed E-state index contributed by atoms with van der Waals surface area (Å²) in [5.41, 5.74) is 2.07. The van der Waals surface area contributed by atoms with Crippen molar-refractivity contribution in [2.75, 3.05) is 7.11 Å². The van der Waals surface area contributed by atoms with Gasteiger partial charge in [-0.15, -0.1) is 11.3 Å². The molecule has 1 aromatic rings. The first-order valence-corrected chi connectivity index (χ1v) is 5.19. The van der Waals surface area contributed by atoms with Crippen LogP contribution in [-0.2, 0) is 10.3 Å². The average Bonchev–Trinajstić information content (AvgIpc) is 2.46. The van der Waals surface area contributed by atoms with E-state index >= 15 is 0 Å². The van der Waals surface area contributed by atoms with Gasteiger partial charge in [-0.05, 0) is 6.92 Å². The van der Waals surface area contributed by atoms with E-state index in [2.05, 4.69) is 4.98 Å². The maximum atomic E-state index is 10.1. The monoisotopic (exact) mass is 199 g/mol. The van der Waals surface area contributed by atoms with Crippen molar-refractivity contribution in [3.8, 4) is 0 Å².